The molecule has 0 radical (unpaired) electrons. The molecule has 0 spiro atoms. The van der Waals surface area contributed by atoms with Crippen LogP contribution in [0, 0.1) is 4.77 Å². The highest BCUT2D eigenvalue weighted by atomic mass is 35.5. The van der Waals surface area contributed by atoms with Gasteiger partial charge >= 0.3 is 0 Å². The Balaban J connectivity index is 1.94. The van der Waals surface area contributed by atoms with Gasteiger partial charge in [-0.05, 0) is 42.9 Å². The second kappa shape index (κ2) is 8.08. The SMILES string of the molecule is CCc1n[nH]c(=S)n1CCNC(=O)/C(C)=C/c1cccc(Cl)c1. The van der Waals surface area contributed by atoms with Gasteiger partial charge in [0, 0.05) is 30.1 Å². The third-order valence-corrected chi connectivity index (χ3v) is 3.91. The molecule has 2 aromatic rings. The van der Waals surface area contributed by atoms with Crippen LogP contribution in [0.2, 0.25) is 5.02 Å². The molecule has 0 fully saturated rings. The Hall–Kier alpha value is -1.92. The molecule has 0 saturated heterocycles. The van der Waals surface area contributed by atoms with Gasteiger partial charge in [-0.3, -0.25) is 9.89 Å². The number of nitrogens with one attached hydrogen (secondary N) is 2. The number of rotatable bonds is 6. The first-order chi connectivity index (χ1) is 11.0. The summed E-state index contributed by atoms with van der Waals surface area (Å²) in [4.78, 5) is 12.1. The lowest BCUT2D eigenvalue weighted by atomic mass is 10.1. The van der Waals surface area contributed by atoms with E-state index in [4.69, 9.17) is 23.8 Å². The third kappa shape index (κ3) is 4.77. The molecule has 0 saturated carbocycles. The molecule has 1 aromatic heterocycles. The molecule has 0 unspecified atom stereocenters. The maximum atomic E-state index is 12.1. The zero-order valence-electron chi connectivity index (χ0n) is 13.1. The summed E-state index contributed by atoms with van der Waals surface area (Å²) in [6.45, 7) is 4.87. The molecule has 0 bridgehead atoms. The van der Waals surface area contributed by atoms with Crippen LogP contribution >= 0.6 is 23.8 Å². The summed E-state index contributed by atoms with van der Waals surface area (Å²) in [6.07, 6.45) is 2.59. The first kappa shape index (κ1) is 17.4. The summed E-state index contributed by atoms with van der Waals surface area (Å²) >= 11 is 11.1. The van der Waals surface area contributed by atoms with Crippen LogP contribution in [0.4, 0.5) is 0 Å². The molecule has 1 amide bonds. The van der Waals surface area contributed by atoms with E-state index < -0.39 is 0 Å². The molecule has 5 nitrogen and oxygen atoms in total. The summed E-state index contributed by atoms with van der Waals surface area (Å²) in [7, 11) is 0. The van der Waals surface area contributed by atoms with E-state index in [1.54, 1.807) is 13.0 Å². The number of aromatic amines is 1. The fourth-order valence-electron chi connectivity index (χ4n) is 2.18. The smallest absolute Gasteiger partial charge is 0.246 e. The van der Waals surface area contributed by atoms with Gasteiger partial charge in [-0.15, -0.1) is 0 Å². The zero-order chi connectivity index (χ0) is 16.8. The molecular formula is C16H19ClN4OS. The van der Waals surface area contributed by atoms with Crippen molar-refractivity contribution in [3.05, 3.63) is 51.0 Å². The van der Waals surface area contributed by atoms with Crippen LogP contribution in [0.25, 0.3) is 6.08 Å². The standard InChI is InChI=1S/C16H19ClN4OS/c1-3-14-19-20-16(23)21(14)8-7-18-15(22)11(2)9-12-5-4-6-13(17)10-12/h4-6,9-10H,3,7-8H2,1-2H3,(H,18,22)(H,20,23)/b11-9+. The number of carbonyl (C=O) groups is 1. The van der Waals surface area contributed by atoms with Crippen molar-refractivity contribution in [3.8, 4) is 0 Å². The first-order valence-corrected chi connectivity index (χ1v) is 8.16. The molecule has 0 atom stereocenters. The predicted octanol–water partition coefficient (Wildman–Crippen LogP) is 3.38. The number of aromatic nitrogens is 3. The number of hydrogen-bond acceptors (Lipinski definition) is 3. The molecule has 0 aliphatic heterocycles. The molecule has 2 N–H and O–H groups in total. The average Bonchev–Trinajstić information content (AvgIpc) is 2.87. The van der Waals surface area contributed by atoms with E-state index in [0.717, 1.165) is 17.8 Å². The molecular weight excluding hydrogens is 332 g/mol. The zero-order valence-corrected chi connectivity index (χ0v) is 14.7. The Kier molecular flexibility index (Phi) is 6.12. The Bertz CT molecular complexity index is 778. The number of H-pyrrole nitrogens is 1. The Morgan fingerprint density at radius 2 is 2.30 bits per heavy atom. The number of carbonyl (C=O) groups excluding carboxylic acids is 1. The van der Waals surface area contributed by atoms with Crippen molar-refractivity contribution in [1.82, 2.24) is 20.1 Å². The fraction of sp³-hybridized carbons (Fsp3) is 0.312. The normalized spacial score (nSPS) is 11.5. The predicted molar refractivity (Wildman–Crippen MR) is 94.9 cm³/mol. The molecule has 7 heteroatoms. The molecule has 0 aliphatic carbocycles. The summed E-state index contributed by atoms with van der Waals surface area (Å²) in [5.74, 6) is 0.772. The van der Waals surface area contributed by atoms with Gasteiger partial charge in [-0.25, -0.2) is 0 Å². The highest BCUT2D eigenvalue weighted by Crippen LogP contribution is 2.13. The largest absolute Gasteiger partial charge is 0.351 e. The van der Waals surface area contributed by atoms with E-state index >= 15 is 0 Å². The van der Waals surface area contributed by atoms with E-state index in [1.165, 1.54) is 0 Å². The molecule has 1 aromatic carbocycles. The van der Waals surface area contributed by atoms with E-state index in [2.05, 4.69) is 15.5 Å². The van der Waals surface area contributed by atoms with Crippen molar-refractivity contribution in [2.45, 2.75) is 26.8 Å². The Morgan fingerprint density at radius 1 is 1.52 bits per heavy atom. The average molecular weight is 351 g/mol. The van der Waals surface area contributed by atoms with Crippen molar-refractivity contribution in [1.29, 1.82) is 0 Å². The highest BCUT2D eigenvalue weighted by Gasteiger charge is 2.06. The minimum Gasteiger partial charge on any atom is -0.351 e. The molecule has 2 rings (SSSR count). The van der Waals surface area contributed by atoms with Gasteiger partial charge in [0.25, 0.3) is 0 Å². The summed E-state index contributed by atoms with van der Waals surface area (Å²) < 4.78 is 2.47. The maximum Gasteiger partial charge on any atom is 0.246 e. The number of halogens is 1. The maximum absolute atomic E-state index is 12.1. The van der Waals surface area contributed by atoms with Crippen LogP contribution in [0.15, 0.2) is 29.8 Å². The monoisotopic (exact) mass is 350 g/mol. The molecule has 1 heterocycles. The van der Waals surface area contributed by atoms with E-state index in [0.29, 0.717) is 28.5 Å². The Labute approximate surface area is 145 Å². The van der Waals surface area contributed by atoms with Crippen molar-refractivity contribution in [3.63, 3.8) is 0 Å². The number of hydrogen-bond donors (Lipinski definition) is 2. The summed E-state index contributed by atoms with van der Waals surface area (Å²) in [6, 6.07) is 7.37. The van der Waals surface area contributed by atoms with Crippen molar-refractivity contribution >= 4 is 35.8 Å². The van der Waals surface area contributed by atoms with E-state index in [-0.39, 0.29) is 5.91 Å². The summed E-state index contributed by atoms with van der Waals surface area (Å²) in [5.41, 5.74) is 1.52. The minimum absolute atomic E-state index is 0.113. The van der Waals surface area contributed by atoms with Gasteiger partial charge in [-0.2, -0.15) is 5.10 Å². The number of benzene rings is 1. The van der Waals surface area contributed by atoms with Crippen LogP contribution in [0.5, 0.6) is 0 Å². The van der Waals surface area contributed by atoms with E-state index in [1.807, 2.05) is 35.8 Å². The lowest BCUT2D eigenvalue weighted by Gasteiger charge is -2.08. The van der Waals surface area contributed by atoms with Crippen LogP contribution in [-0.2, 0) is 17.8 Å². The van der Waals surface area contributed by atoms with Crippen LogP contribution in [-0.4, -0.2) is 27.2 Å². The lowest BCUT2D eigenvalue weighted by molar-refractivity contribution is -0.117. The van der Waals surface area contributed by atoms with Crippen molar-refractivity contribution in [2.24, 2.45) is 0 Å². The summed E-state index contributed by atoms with van der Waals surface area (Å²) in [5, 5.41) is 10.4. The molecule has 0 aliphatic rings. The number of aryl methyl sites for hydroxylation is 1. The van der Waals surface area contributed by atoms with Crippen molar-refractivity contribution < 1.29 is 4.79 Å². The second-order valence-corrected chi connectivity index (χ2v) is 5.91. The topological polar surface area (TPSA) is 62.7 Å². The fourth-order valence-corrected chi connectivity index (χ4v) is 2.62. The van der Waals surface area contributed by atoms with Crippen LogP contribution in [0.3, 0.4) is 0 Å². The Morgan fingerprint density at radius 3 is 3.00 bits per heavy atom. The van der Waals surface area contributed by atoms with Gasteiger partial charge in [0.15, 0.2) is 4.77 Å². The van der Waals surface area contributed by atoms with Crippen molar-refractivity contribution in [2.75, 3.05) is 6.54 Å². The van der Waals surface area contributed by atoms with E-state index in [9.17, 15) is 4.79 Å². The van der Waals surface area contributed by atoms with Crippen LogP contribution < -0.4 is 5.32 Å². The van der Waals surface area contributed by atoms with Gasteiger partial charge < -0.3 is 9.88 Å². The lowest BCUT2D eigenvalue weighted by Crippen LogP contribution is -2.28. The van der Waals surface area contributed by atoms with Gasteiger partial charge in [-0.1, -0.05) is 30.7 Å². The molecule has 122 valence electrons. The number of amides is 1. The third-order valence-electron chi connectivity index (χ3n) is 3.36. The van der Waals surface area contributed by atoms with Gasteiger partial charge in [0.05, 0.1) is 0 Å². The first-order valence-electron chi connectivity index (χ1n) is 7.37. The number of nitrogens with zero attached hydrogens (tertiary/aromatic N) is 2. The quantitative estimate of drug-likeness (QED) is 0.620. The van der Waals surface area contributed by atoms with Gasteiger partial charge in [0.1, 0.15) is 5.82 Å². The second-order valence-electron chi connectivity index (χ2n) is 5.09. The van der Waals surface area contributed by atoms with Crippen LogP contribution in [0.1, 0.15) is 25.2 Å². The molecule has 23 heavy (non-hydrogen) atoms. The van der Waals surface area contributed by atoms with Gasteiger partial charge in [0.2, 0.25) is 5.91 Å². The minimum atomic E-state index is -0.113. The highest BCUT2D eigenvalue weighted by molar-refractivity contribution is 7.71.